The quantitative estimate of drug-likeness (QED) is 0.0290. The first-order valence-electron chi connectivity index (χ1n) is 18.3. The van der Waals surface area contributed by atoms with Crippen LogP contribution < -0.4 is 32.8 Å². The van der Waals surface area contributed by atoms with Crippen molar-refractivity contribution >= 4 is 46.4 Å². The second kappa shape index (κ2) is 23.3. The number of nitrogens with zero attached hydrogens (tertiary/aromatic N) is 4. The molecule has 23 heteroatoms. The number of carbonyl (C=O) groups is 4. The first-order valence-corrected chi connectivity index (χ1v) is 18.3. The molecule has 0 unspecified atom stereocenters. The number of nitrogen functional groups attached to an aromatic ring is 1. The van der Waals surface area contributed by atoms with E-state index in [9.17, 15) is 55.7 Å². The maximum atomic E-state index is 13.4. The number of nitriles is 2. The molecule has 0 saturated heterocycles. The minimum Gasteiger partial charge on any atom is -0.480 e. The van der Waals surface area contributed by atoms with Gasteiger partial charge in [-0.05, 0) is 99.5 Å². The van der Waals surface area contributed by atoms with E-state index < -0.39 is 76.9 Å². The van der Waals surface area contributed by atoms with Crippen LogP contribution in [0.3, 0.4) is 0 Å². The summed E-state index contributed by atoms with van der Waals surface area (Å²) in [6.45, 7) is 18.5. The predicted molar refractivity (Wildman–Crippen MR) is 220 cm³/mol. The number of carboxylic acids is 1. The van der Waals surface area contributed by atoms with Crippen LogP contribution in [0, 0.1) is 49.7 Å². The van der Waals surface area contributed by atoms with Crippen LogP contribution in [0.2, 0.25) is 0 Å². The third-order valence-electron chi connectivity index (χ3n) is 8.81. The summed E-state index contributed by atoms with van der Waals surface area (Å²) in [4.78, 5) is 52.2. The summed E-state index contributed by atoms with van der Waals surface area (Å²) in [5, 5.41) is 50.4. The van der Waals surface area contributed by atoms with Crippen LogP contribution in [0.1, 0.15) is 67.9 Å². The standard InChI is InChI=1S/C21H18F3N5O3.C13H13F3N2O3.C8H7N3O/c1-11-15(8-9-16(26-3)17(11)21(22,23)24)27-18(12(2)30)20(32)29-28-19(31)14-6-4-13(10-25)5-7-14;1-6-8(18-11(7(2)19)12(20)21)4-5-9(17-3)10(6)13(14,15)16;9-5-6-1-3-7(4-2-6)8(12)11-10/h4-9,12,18,27,30H,1-2H3,(H,28,31)(H,29,32);4-5,7,11,18-19H,1-2H3,(H,20,21);1-4H,10H2,(H,11,12)/t12-,18-;7-,11-;/m11./s1. The van der Waals surface area contributed by atoms with E-state index in [4.69, 9.17) is 34.6 Å². The molecule has 0 fully saturated rings. The van der Waals surface area contributed by atoms with Crippen LogP contribution in [-0.4, -0.2) is 63.3 Å². The predicted octanol–water partition coefficient (Wildman–Crippen LogP) is 6.03. The minimum atomic E-state index is -4.79. The number of carboxylic acid groups (broad SMARTS) is 1. The number of hydrogen-bond donors (Lipinski definition) is 9. The molecule has 4 aromatic rings. The third kappa shape index (κ3) is 14.7. The Kier molecular flexibility index (Phi) is 19.0. The molecule has 17 nitrogen and oxygen atoms in total. The molecule has 0 aliphatic carbocycles. The zero-order valence-corrected chi connectivity index (χ0v) is 34.3. The number of hydrogen-bond acceptors (Lipinski definition) is 11. The molecule has 340 valence electrons. The molecule has 65 heavy (non-hydrogen) atoms. The van der Waals surface area contributed by atoms with Crippen LogP contribution in [0.4, 0.5) is 49.1 Å². The van der Waals surface area contributed by atoms with E-state index in [0.29, 0.717) is 16.7 Å². The van der Waals surface area contributed by atoms with Crippen LogP contribution in [-0.2, 0) is 21.9 Å². The van der Waals surface area contributed by atoms with Crippen molar-refractivity contribution in [1.82, 2.24) is 16.3 Å². The SMILES string of the molecule is N#Cc1ccc(C(=O)NN)cc1.[C-]#[N+]c1ccc(N[C@@H](C(=O)NNC(=O)c2ccc(C#N)cc2)[C@@H](C)O)c(C)c1C(F)(F)F.[C-]#[N+]c1ccc(N[C@@H](C(=O)O)[C@@H](C)O)c(C)c1C(F)(F)F. The highest BCUT2D eigenvalue weighted by Gasteiger charge is 2.38. The molecule has 0 radical (unpaired) electrons. The second-order valence-corrected chi connectivity index (χ2v) is 13.3. The van der Waals surface area contributed by atoms with E-state index >= 15 is 0 Å². The number of hydrazine groups is 2. The lowest BCUT2D eigenvalue weighted by atomic mass is 10.0. The zero-order chi connectivity index (χ0) is 49.4. The fraction of sp³-hybridized carbons (Fsp3) is 0.238. The van der Waals surface area contributed by atoms with Crippen molar-refractivity contribution < 1.29 is 60.8 Å². The van der Waals surface area contributed by atoms with E-state index in [2.05, 4.69) is 31.2 Å². The van der Waals surface area contributed by atoms with Gasteiger partial charge in [-0.15, -0.1) is 0 Å². The molecular weight excluding hydrogens is 871 g/mol. The Morgan fingerprint density at radius 3 is 1.32 bits per heavy atom. The van der Waals surface area contributed by atoms with Gasteiger partial charge in [-0.1, -0.05) is 12.1 Å². The molecule has 0 aliphatic rings. The number of rotatable bonds is 10. The summed E-state index contributed by atoms with van der Waals surface area (Å²) in [6, 6.07) is 17.0. The number of nitrogens with two attached hydrogens (primary N) is 1. The van der Waals surface area contributed by atoms with Crippen molar-refractivity contribution in [2.45, 2.75) is 64.3 Å². The van der Waals surface area contributed by atoms with Crippen LogP contribution >= 0.6 is 0 Å². The molecule has 4 rings (SSSR count). The molecule has 0 aliphatic heterocycles. The zero-order valence-electron chi connectivity index (χ0n) is 34.3. The summed E-state index contributed by atoms with van der Waals surface area (Å²) in [7, 11) is 0. The molecule has 10 N–H and O–H groups in total. The van der Waals surface area contributed by atoms with Crippen LogP contribution in [0.5, 0.6) is 0 Å². The number of aliphatic hydroxyl groups excluding tert-OH is 2. The summed E-state index contributed by atoms with van der Waals surface area (Å²) in [5.41, 5.74) is 3.46. The van der Waals surface area contributed by atoms with Crippen molar-refractivity contribution in [3.63, 3.8) is 0 Å². The average molecular weight is 909 g/mol. The van der Waals surface area contributed by atoms with Gasteiger partial charge in [0.15, 0.2) is 17.4 Å². The number of aliphatic hydroxyl groups is 2. The Morgan fingerprint density at radius 2 is 1.02 bits per heavy atom. The molecule has 0 heterocycles. The number of nitrogens with one attached hydrogen (secondary N) is 5. The largest absolute Gasteiger partial charge is 0.480 e. The molecule has 0 spiro atoms. The molecular formula is C42H38F6N10O7. The lowest BCUT2D eigenvalue weighted by molar-refractivity contribution is -0.140. The second-order valence-electron chi connectivity index (χ2n) is 13.3. The lowest BCUT2D eigenvalue weighted by Gasteiger charge is -2.24. The summed E-state index contributed by atoms with van der Waals surface area (Å²) >= 11 is 0. The highest BCUT2D eigenvalue weighted by molar-refractivity contribution is 5.96. The Hall–Kier alpha value is -8.22. The van der Waals surface area contributed by atoms with Gasteiger partial charge in [0, 0.05) is 22.5 Å². The van der Waals surface area contributed by atoms with Gasteiger partial charge in [0.1, 0.15) is 6.04 Å². The molecule has 3 amide bonds. The van der Waals surface area contributed by atoms with Gasteiger partial charge in [-0.25, -0.2) is 20.3 Å². The maximum Gasteiger partial charge on any atom is 0.407 e. The van der Waals surface area contributed by atoms with Gasteiger partial charge >= 0.3 is 18.3 Å². The average Bonchev–Trinajstić information content (AvgIpc) is 3.25. The van der Waals surface area contributed by atoms with E-state index in [1.807, 2.05) is 17.6 Å². The number of anilines is 2. The molecule has 4 aromatic carbocycles. The Bertz CT molecular complexity index is 2540. The number of aliphatic carboxylic acids is 1. The molecule has 0 saturated carbocycles. The topological polar surface area (TPSA) is 271 Å². The first kappa shape index (κ1) is 52.9. The Balaban J connectivity index is 0.000000375. The van der Waals surface area contributed by atoms with Gasteiger partial charge in [0.2, 0.25) is 0 Å². The van der Waals surface area contributed by atoms with Gasteiger partial charge in [0.25, 0.3) is 17.7 Å². The first-order chi connectivity index (χ1) is 30.4. The smallest absolute Gasteiger partial charge is 0.407 e. The maximum absolute atomic E-state index is 13.4. The fourth-order valence-electron chi connectivity index (χ4n) is 5.48. The normalized spacial score (nSPS) is 12.4. The van der Waals surface area contributed by atoms with E-state index in [1.165, 1.54) is 50.2 Å². The number of halogens is 6. The number of amides is 3. The Labute approximate surface area is 366 Å². The minimum absolute atomic E-state index is 0.0944. The van der Waals surface area contributed by atoms with E-state index in [1.54, 1.807) is 24.3 Å². The van der Waals surface area contributed by atoms with Gasteiger partial charge in [-0.2, -0.15) is 36.9 Å². The van der Waals surface area contributed by atoms with Crippen LogP contribution in [0.15, 0.2) is 72.8 Å². The summed E-state index contributed by atoms with van der Waals surface area (Å²) in [6.07, 6.45) is -12.2. The van der Waals surface area contributed by atoms with Gasteiger partial charge in [0.05, 0.1) is 59.7 Å². The summed E-state index contributed by atoms with van der Waals surface area (Å²) in [5.74, 6) is 1.54. The Morgan fingerprint density at radius 1 is 0.646 bits per heavy atom. The van der Waals surface area contributed by atoms with E-state index in [0.717, 1.165) is 26.0 Å². The highest BCUT2D eigenvalue weighted by Crippen LogP contribution is 2.42. The number of benzene rings is 4. The van der Waals surface area contributed by atoms with Gasteiger partial charge in [-0.3, -0.25) is 30.7 Å². The summed E-state index contributed by atoms with van der Waals surface area (Å²) < 4.78 is 79.1. The fourth-order valence-corrected chi connectivity index (χ4v) is 5.48. The lowest BCUT2D eigenvalue weighted by Crippen LogP contribution is -2.52. The van der Waals surface area contributed by atoms with Crippen molar-refractivity contribution in [2.75, 3.05) is 10.6 Å². The molecule has 0 aromatic heterocycles. The van der Waals surface area contributed by atoms with E-state index in [-0.39, 0.29) is 34.0 Å². The number of carbonyl (C=O) groups excluding carboxylic acids is 3. The van der Waals surface area contributed by atoms with Crippen molar-refractivity contribution in [3.05, 3.63) is 140 Å². The highest BCUT2D eigenvalue weighted by atomic mass is 19.4. The van der Waals surface area contributed by atoms with Crippen molar-refractivity contribution in [3.8, 4) is 12.1 Å². The number of alkyl halides is 6. The molecule has 0 bridgehead atoms. The third-order valence-corrected chi connectivity index (χ3v) is 8.81. The molecule has 4 atom stereocenters. The van der Waals surface area contributed by atoms with Crippen molar-refractivity contribution in [1.29, 1.82) is 10.5 Å². The van der Waals surface area contributed by atoms with Crippen molar-refractivity contribution in [2.24, 2.45) is 5.84 Å². The monoisotopic (exact) mass is 908 g/mol. The van der Waals surface area contributed by atoms with Crippen LogP contribution in [0.25, 0.3) is 9.69 Å². The van der Waals surface area contributed by atoms with Gasteiger partial charge < -0.3 is 26.0 Å².